The number of rotatable bonds is 0. The molecule has 1 heterocycles. The second-order valence-corrected chi connectivity index (χ2v) is 4.85. The summed E-state index contributed by atoms with van der Waals surface area (Å²) in [7, 11) is 0.345. The molecule has 5 nitrogen and oxygen atoms in total. The van der Waals surface area contributed by atoms with E-state index < -0.39 is 0 Å². The maximum Gasteiger partial charge on any atom is 0.102 e. The van der Waals surface area contributed by atoms with Crippen molar-refractivity contribution in [3.63, 3.8) is 0 Å². The molecule has 0 aliphatic carbocycles. The van der Waals surface area contributed by atoms with E-state index in [1.165, 1.54) is 11.1 Å². The largest absolute Gasteiger partial charge is 0.102 e. The zero-order valence-electron chi connectivity index (χ0n) is 12.1. The summed E-state index contributed by atoms with van der Waals surface area (Å²) in [6.07, 6.45) is 0. The Labute approximate surface area is 156 Å². The van der Waals surface area contributed by atoms with Crippen molar-refractivity contribution >= 4 is 19.2 Å². The van der Waals surface area contributed by atoms with Crippen molar-refractivity contribution in [1.29, 1.82) is 0 Å². The van der Waals surface area contributed by atoms with Gasteiger partial charge in [-0.1, -0.05) is 36.4 Å². The molecule has 2 aromatic rings. The third-order valence-corrected chi connectivity index (χ3v) is 4.15. The van der Waals surface area contributed by atoms with Crippen LogP contribution in [0.15, 0.2) is 48.5 Å². The summed E-state index contributed by atoms with van der Waals surface area (Å²) in [4.78, 5) is 0. The van der Waals surface area contributed by atoms with Gasteiger partial charge < -0.3 is 0 Å². The van der Waals surface area contributed by atoms with Gasteiger partial charge in [-0.3, -0.25) is 0 Å². The molecule has 0 radical (unpaired) electrons. The monoisotopic (exact) mass is 509 g/mol. The number of hydrogen-bond donors (Lipinski definition) is 0. The van der Waals surface area contributed by atoms with E-state index in [4.69, 9.17) is 23.3 Å². The van der Waals surface area contributed by atoms with Gasteiger partial charge in [-0.15, -0.1) is 0 Å². The summed E-state index contributed by atoms with van der Waals surface area (Å²) in [5.74, 6) is 0. The third-order valence-electron chi connectivity index (χ3n) is 2.52. The van der Waals surface area contributed by atoms with Crippen LogP contribution in [0.3, 0.4) is 0 Å². The zero-order chi connectivity index (χ0) is 18.7. The van der Waals surface area contributed by atoms with Gasteiger partial charge in [0.05, 0.1) is 8.58 Å². The fourth-order valence-corrected chi connectivity index (χ4v) is 3.47. The van der Waals surface area contributed by atoms with Gasteiger partial charge in [0.25, 0.3) is 0 Å². The van der Waals surface area contributed by atoms with Crippen LogP contribution in [0.1, 0.15) is 0 Å². The van der Waals surface area contributed by atoms with Crippen LogP contribution in [0.2, 0.25) is 0 Å². The molecule has 0 saturated heterocycles. The summed E-state index contributed by atoms with van der Waals surface area (Å²) in [6, 6.07) is 17.5. The molecule has 0 atom stereocenters. The molecule has 0 aromatic heterocycles. The Morgan fingerprint density at radius 2 is 0.750 bits per heavy atom. The van der Waals surface area contributed by atoms with Gasteiger partial charge in [-0.2, -0.15) is 0 Å². The Balaban J connectivity index is -0.000000159. The molecular formula is C17H10O5PW+. The smallest absolute Gasteiger partial charge is 0.0614 e. The van der Waals surface area contributed by atoms with Crippen molar-refractivity contribution in [1.82, 2.24) is 0 Å². The second-order valence-electron chi connectivity index (χ2n) is 3.32. The van der Waals surface area contributed by atoms with Crippen molar-refractivity contribution in [3.05, 3.63) is 81.8 Å². The van der Waals surface area contributed by atoms with Crippen LogP contribution in [0.25, 0.3) is 11.1 Å². The van der Waals surface area contributed by atoms with Crippen LogP contribution in [-0.2, 0) is 44.3 Å². The molecule has 0 unspecified atom stereocenters. The maximum atomic E-state index is 7.50. The first-order valence-corrected chi connectivity index (χ1v) is 6.66. The van der Waals surface area contributed by atoms with E-state index >= 15 is 0 Å². The van der Waals surface area contributed by atoms with Gasteiger partial charge in [0, 0.05) is 32.2 Å². The molecule has 0 saturated carbocycles. The zero-order valence-corrected chi connectivity index (χ0v) is 16.2. The van der Waals surface area contributed by atoms with E-state index in [0.29, 0.717) is 8.58 Å². The Kier molecular flexibility index (Phi) is 29.6. The van der Waals surface area contributed by atoms with Gasteiger partial charge in [-0.05, 0) is 12.1 Å². The third kappa shape index (κ3) is 9.41. The van der Waals surface area contributed by atoms with Gasteiger partial charge in [0.1, 0.15) is 10.6 Å². The first-order valence-electron chi connectivity index (χ1n) is 5.50. The van der Waals surface area contributed by atoms with Crippen LogP contribution in [0.4, 0.5) is 0 Å². The average Bonchev–Trinajstić information content (AvgIpc) is 3.08. The number of benzene rings is 2. The first kappa shape index (κ1) is 30.2. The molecule has 7 heteroatoms. The molecule has 1 aliphatic heterocycles. The average molecular weight is 509 g/mol. The van der Waals surface area contributed by atoms with Gasteiger partial charge >= 0.3 is 56.5 Å². The second kappa shape index (κ2) is 23.5. The van der Waals surface area contributed by atoms with E-state index in [-0.39, 0.29) is 21.1 Å². The Hall–Kier alpha value is -1.74. The van der Waals surface area contributed by atoms with E-state index in [1.54, 1.807) is 10.6 Å². The topological polar surface area (TPSA) is 99.5 Å². The summed E-state index contributed by atoms with van der Waals surface area (Å²) in [6.45, 7) is 22.5. The maximum absolute atomic E-state index is 7.50. The van der Waals surface area contributed by atoms with E-state index in [2.05, 4.69) is 81.8 Å². The van der Waals surface area contributed by atoms with E-state index in [1.807, 2.05) is 0 Å². The summed E-state index contributed by atoms with van der Waals surface area (Å²) >= 11 is 0. The summed E-state index contributed by atoms with van der Waals surface area (Å²) < 4.78 is 37.5. The first-order chi connectivity index (χ1) is 11.4. The van der Waals surface area contributed by atoms with Crippen molar-refractivity contribution in [3.8, 4) is 11.1 Å². The van der Waals surface area contributed by atoms with Gasteiger partial charge in [0.15, 0.2) is 0 Å². The van der Waals surface area contributed by atoms with Crippen LogP contribution >= 0.6 is 8.58 Å². The van der Waals surface area contributed by atoms with Gasteiger partial charge in [0.2, 0.25) is 0 Å². The Morgan fingerprint density at radius 1 is 0.500 bits per heavy atom. The molecule has 3 rings (SSSR count). The molecule has 0 spiro atoms. The van der Waals surface area contributed by atoms with Gasteiger partial charge in [-0.25, -0.2) is 0 Å². The van der Waals surface area contributed by atoms with E-state index in [0.717, 1.165) is 0 Å². The summed E-state index contributed by atoms with van der Waals surface area (Å²) in [5.41, 5.74) is 2.90. The molecule has 0 N–H and O–H groups in total. The SMILES string of the molecule is [C-]#[O+].[C-]#[O+].[C-]#[O+].[C-]#[O+].[C-]#[O+].[W].c1ccc2c(c1)[PH2+]c1ccccc1-2. The minimum Gasteiger partial charge on any atom is -0.0614 e. The Morgan fingerprint density at radius 3 is 1.04 bits per heavy atom. The van der Waals surface area contributed by atoms with Crippen LogP contribution in [-0.4, -0.2) is 0 Å². The molecule has 0 fully saturated rings. The van der Waals surface area contributed by atoms with Crippen LogP contribution < -0.4 is 10.6 Å². The number of fused-ring (bicyclic) bond motifs is 3. The molecule has 118 valence electrons. The minimum absolute atomic E-state index is 0. The summed E-state index contributed by atoms with van der Waals surface area (Å²) in [5, 5.41) is 3.09. The van der Waals surface area contributed by atoms with Crippen LogP contribution in [0, 0.1) is 33.3 Å². The quantitative estimate of drug-likeness (QED) is 0.251. The molecule has 24 heavy (non-hydrogen) atoms. The standard InChI is InChI=1S/C12H9P.5CO.W/c1-3-7-11-9(5-1)10-6-2-4-8-12(10)13-11;5*1-2;/h1-8,13H;;;;;;/p+1. The van der Waals surface area contributed by atoms with Crippen molar-refractivity contribution in [2.24, 2.45) is 0 Å². The fourth-order valence-electron chi connectivity index (χ4n) is 1.90. The predicted octanol–water partition coefficient (Wildman–Crippen LogP) is 1.84. The van der Waals surface area contributed by atoms with Crippen molar-refractivity contribution in [2.75, 3.05) is 0 Å². The van der Waals surface area contributed by atoms with Crippen LogP contribution in [0.5, 0.6) is 0 Å². The Bertz CT molecular complexity index is 596. The van der Waals surface area contributed by atoms with Crippen molar-refractivity contribution in [2.45, 2.75) is 0 Å². The molecular weight excluding hydrogens is 499 g/mol. The predicted molar refractivity (Wildman–Crippen MR) is 80.5 cm³/mol. The fraction of sp³-hybridized carbons (Fsp3) is 0. The normalized spacial score (nSPS) is 7.08. The molecule has 0 amide bonds. The van der Waals surface area contributed by atoms with Crippen molar-refractivity contribution < 1.29 is 44.3 Å². The molecule has 0 bridgehead atoms. The van der Waals surface area contributed by atoms with E-state index in [9.17, 15) is 0 Å². The molecule has 2 aromatic carbocycles. The molecule has 1 aliphatic rings. The number of hydrogen-bond acceptors (Lipinski definition) is 0. The minimum atomic E-state index is 0.